The predicted molar refractivity (Wildman–Crippen MR) is 140 cm³/mol. The number of likely N-dealkylation sites (tertiary alicyclic amines) is 1. The number of hydrogen-bond donors (Lipinski definition) is 1. The summed E-state index contributed by atoms with van der Waals surface area (Å²) in [5.74, 6) is -1.75. The van der Waals surface area contributed by atoms with Crippen LogP contribution >= 0.6 is 0 Å². The number of ether oxygens (including phenoxy) is 2. The molecule has 11 heteroatoms. The monoisotopic (exact) mass is 546 g/mol. The third kappa shape index (κ3) is 6.70. The number of anilines is 2. The zero-order valence-electron chi connectivity index (χ0n) is 21.6. The fourth-order valence-corrected chi connectivity index (χ4v) is 5.32. The molecule has 1 N–H and O–H groups in total. The van der Waals surface area contributed by atoms with Crippen molar-refractivity contribution in [2.75, 3.05) is 43.0 Å². The summed E-state index contributed by atoms with van der Waals surface area (Å²) in [7, 11) is 0. The molecule has 0 unspecified atom stereocenters. The van der Waals surface area contributed by atoms with Gasteiger partial charge in [0.05, 0.1) is 5.52 Å². The van der Waals surface area contributed by atoms with Crippen LogP contribution in [0.3, 0.4) is 0 Å². The van der Waals surface area contributed by atoms with Crippen LogP contribution in [0.4, 0.5) is 29.1 Å². The SMILES string of the molecule is Cc1cc(N2CCC(N3CCCC3)CC2)nc2ccc(NC(=O)COc3ccc(OC(F)(F)F)cc3F)cc12. The van der Waals surface area contributed by atoms with E-state index in [1.165, 1.54) is 25.9 Å². The van der Waals surface area contributed by atoms with Gasteiger partial charge in [-0.2, -0.15) is 0 Å². The van der Waals surface area contributed by atoms with Crippen molar-refractivity contribution < 1.29 is 31.8 Å². The summed E-state index contributed by atoms with van der Waals surface area (Å²) in [6.07, 6.45) is -0.0497. The molecule has 0 atom stereocenters. The summed E-state index contributed by atoms with van der Waals surface area (Å²) in [6, 6.07) is 10.6. The lowest BCUT2D eigenvalue weighted by Crippen LogP contribution is -2.44. The Hall–Kier alpha value is -3.60. The molecule has 3 heterocycles. The molecule has 1 amide bonds. The number of pyridine rings is 1. The first-order valence-corrected chi connectivity index (χ1v) is 13.0. The molecule has 2 aliphatic heterocycles. The van der Waals surface area contributed by atoms with Crippen LogP contribution in [0.5, 0.6) is 11.5 Å². The van der Waals surface area contributed by atoms with Crippen molar-refractivity contribution >= 4 is 28.3 Å². The van der Waals surface area contributed by atoms with Gasteiger partial charge in [-0.25, -0.2) is 9.37 Å². The van der Waals surface area contributed by atoms with Gasteiger partial charge in [0.1, 0.15) is 11.6 Å². The molecule has 2 aromatic carbocycles. The number of fused-ring (bicyclic) bond motifs is 1. The summed E-state index contributed by atoms with van der Waals surface area (Å²) in [4.78, 5) is 22.2. The lowest BCUT2D eigenvalue weighted by Gasteiger charge is -2.37. The molecule has 2 saturated heterocycles. The van der Waals surface area contributed by atoms with Crippen LogP contribution < -0.4 is 19.7 Å². The standard InChI is InChI=1S/C28H30F4N4O3/c1-18-14-26(36-12-8-20(9-13-36)35-10-2-3-11-35)34-24-6-4-19(15-22(18)24)33-27(37)17-38-25-7-5-21(16-23(25)29)39-28(30,31)32/h4-7,14-16,20H,2-3,8-13,17H2,1H3,(H,33,37). The number of carbonyl (C=O) groups excluding carboxylic acids is 1. The lowest BCUT2D eigenvalue weighted by molar-refractivity contribution is -0.274. The van der Waals surface area contributed by atoms with Gasteiger partial charge in [0.25, 0.3) is 5.91 Å². The van der Waals surface area contributed by atoms with E-state index >= 15 is 0 Å². The minimum absolute atomic E-state index is 0.366. The highest BCUT2D eigenvalue weighted by Gasteiger charge is 2.31. The van der Waals surface area contributed by atoms with Crippen molar-refractivity contribution in [3.8, 4) is 11.5 Å². The second kappa shape index (κ2) is 11.3. The number of hydrogen-bond acceptors (Lipinski definition) is 6. The van der Waals surface area contributed by atoms with E-state index < -0.39 is 30.4 Å². The van der Waals surface area contributed by atoms with Crippen LogP contribution in [-0.4, -0.2) is 61.0 Å². The summed E-state index contributed by atoms with van der Waals surface area (Å²) in [5.41, 5.74) is 2.38. The quantitative estimate of drug-likeness (QED) is 0.386. The van der Waals surface area contributed by atoms with Gasteiger partial charge in [-0.3, -0.25) is 4.79 Å². The predicted octanol–water partition coefficient (Wildman–Crippen LogP) is 5.66. The molecule has 2 aliphatic rings. The lowest BCUT2D eigenvalue weighted by atomic mass is 10.0. The number of halogens is 4. The van der Waals surface area contributed by atoms with E-state index in [2.05, 4.69) is 25.9 Å². The Bertz CT molecular complexity index is 1340. The number of nitrogens with one attached hydrogen (secondary N) is 1. The number of aromatic nitrogens is 1. The molecule has 0 bridgehead atoms. The molecule has 5 rings (SSSR count). The molecular formula is C28H30F4N4O3. The fraction of sp³-hybridized carbons (Fsp3) is 0.429. The Morgan fingerprint density at radius 3 is 2.49 bits per heavy atom. The molecule has 0 radical (unpaired) electrons. The van der Waals surface area contributed by atoms with Gasteiger partial charge in [0.15, 0.2) is 18.2 Å². The van der Waals surface area contributed by atoms with E-state index in [0.29, 0.717) is 17.8 Å². The van der Waals surface area contributed by atoms with Crippen molar-refractivity contribution in [1.29, 1.82) is 0 Å². The molecule has 7 nitrogen and oxygen atoms in total. The molecule has 0 saturated carbocycles. The summed E-state index contributed by atoms with van der Waals surface area (Å²) >= 11 is 0. The van der Waals surface area contributed by atoms with Crippen LogP contribution in [0.1, 0.15) is 31.2 Å². The first-order chi connectivity index (χ1) is 18.6. The van der Waals surface area contributed by atoms with Gasteiger partial charge in [0, 0.05) is 36.3 Å². The number of rotatable bonds is 7. The Kier molecular flexibility index (Phi) is 7.79. The molecule has 208 valence electrons. The number of carbonyl (C=O) groups is 1. The van der Waals surface area contributed by atoms with E-state index in [4.69, 9.17) is 9.72 Å². The van der Waals surface area contributed by atoms with E-state index in [-0.39, 0.29) is 5.75 Å². The fourth-order valence-electron chi connectivity index (χ4n) is 5.32. The van der Waals surface area contributed by atoms with Crippen LogP contribution in [0.25, 0.3) is 10.9 Å². The zero-order chi connectivity index (χ0) is 27.6. The minimum atomic E-state index is -4.94. The zero-order valence-corrected chi connectivity index (χ0v) is 21.6. The van der Waals surface area contributed by atoms with Gasteiger partial charge >= 0.3 is 6.36 Å². The van der Waals surface area contributed by atoms with Crippen molar-refractivity contribution in [3.05, 3.63) is 53.8 Å². The van der Waals surface area contributed by atoms with Gasteiger partial charge < -0.3 is 24.6 Å². The average Bonchev–Trinajstić information content (AvgIpc) is 3.43. The molecule has 0 spiro atoms. The maximum absolute atomic E-state index is 14.1. The Morgan fingerprint density at radius 1 is 1.05 bits per heavy atom. The normalized spacial score (nSPS) is 17.0. The van der Waals surface area contributed by atoms with Gasteiger partial charge in [0.2, 0.25) is 0 Å². The molecule has 39 heavy (non-hydrogen) atoms. The number of alkyl halides is 3. The van der Waals surface area contributed by atoms with E-state index in [0.717, 1.165) is 60.3 Å². The van der Waals surface area contributed by atoms with Crippen LogP contribution in [0, 0.1) is 12.7 Å². The van der Waals surface area contributed by atoms with Crippen LogP contribution in [0.15, 0.2) is 42.5 Å². The number of nitrogens with zero attached hydrogens (tertiary/aromatic N) is 3. The molecule has 3 aromatic rings. The third-order valence-electron chi connectivity index (χ3n) is 7.23. The second-order valence-electron chi connectivity index (χ2n) is 9.97. The maximum Gasteiger partial charge on any atom is 0.573 e. The van der Waals surface area contributed by atoms with Gasteiger partial charge in [-0.1, -0.05) is 0 Å². The highest BCUT2D eigenvalue weighted by molar-refractivity contribution is 5.95. The topological polar surface area (TPSA) is 66.9 Å². The minimum Gasteiger partial charge on any atom is -0.481 e. The van der Waals surface area contributed by atoms with Crippen molar-refractivity contribution in [2.24, 2.45) is 0 Å². The smallest absolute Gasteiger partial charge is 0.481 e. The maximum atomic E-state index is 14.1. The van der Waals surface area contributed by atoms with Gasteiger partial charge in [-0.05, 0) is 87.7 Å². The van der Waals surface area contributed by atoms with Crippen molar-refractivity contribution in [3.63, 3.8) is 0 Å². The molecular weight excluding hydrogens is 516 g/mol. The average molecular weight is 547 g/mol. The van der Waals surface area contributed by atoms with Crippen LogP contribution in [-0.2, 0) is 4.79 Å². The highest BCUT2D eigenvalue weighted by Crippen LogP contribution is 2.30. The molecule has 0 aliphatic carbocycles. The number of benzene rings is 2. The van der Waals surface area contributed by atoms with E-state index in [1.54, 1.807) is 6.07 Å². The number of piperidine rings is 1. The number of aryl methyl sites for hydroxylation is 1. The summed E-state index contributed by atoms with van der Waals surface area (Å²) in [6.45, 7) is 5.87. The highest BCUT2D eigenvalue weighted by atomic mass is 19.4. The van der Waals surface area contributed by atoms with Crippen molar-refractivity contribution in [1.82, 2.24) is 9.88 Å². The number of amides is 1. The largest absolute Gasteiger partial charge is 0.573 e. The first-order valence-electron chi connectivity index (χ1n) is 13.0. The van der Waals surface area contributed by atoms with Gasteiger partial charge in [-0.15, -0.1) is 13.2 Å². The van der Waals surface area contributed by atoms with Crippen molar-refractivity contribution in [2.45, 2.75) is 45.0 Å². The summed E-state index contributed by atoms with van der Waals surface area (Å²) < 4.78 is 59.7. The Morgan fingerprint density at radius 2 is 1.79 bits per heavy atom. The molecule has 1 aromatic heterocycles. The third-order valence-corrected chi connectivity index (χ3v) is 7.23. The molecule has 2 fully saturated rings. The van der Waals surface area contributed by atoms with Crippen LogP contribution in [0.2, 0.25) is 0 Å². The second-order valence-corrected chi connectivity index (χ2v) is 9.97. The van der Waals surface area contributed by atoms with E-state index in [1.807, 2.05) is 19.1 Å². The first kappa shape index (κ1) is 27.0. The summed E-state index contributed by atoms with van der Waals surface area (Å²) in [5, 5.41) is 3.60. The Labute approximate surface area is 223 Å². The van der Waals surface area contributed by atoms with E-state index in [9.17, 15) is 22.4 Å². The Balaban J connectivity index is 1.18.